The Balaban J connectivity index is 1.86. The Kier molecular flexibility index (Phi) is 5.17. The number of rotatable bonds is 5. The molecule has 0 aliphatic heterocycles. The standard InChI is InChI=1S/C17H21N3O4S/c1-3-24-17(23)14-10(2)13-15(25-14)18-9-20(16(13)22)8-12(21)19-11-6-4-5-7-11/h9,11H,3-8H2,1-2H3,(H,19,21). The number of nitrogens with one attached hydrogen (secondary N) is 1. The molecule has 2 heterocycles. The van der Waals surface area contributed by atoms with E-state index in [9.17, 15) is 14.4 Å². The van der Waals surface area contributed by atoms with Crippen molar-refractivity contribution in [1.29, 1.82) is 0 Å². The van der Waals surface area contributed by atoms with E-state index in [2.05, 4.69) is 10.3 Å². The van der Waals surface area contributed by atoms with Crippen LogP contribution in [0.25, 0.3) is 10.2 Å². The lowest BCUT2D eigenvalue weighted by molar-refractivity contribution is -0.122. The Labute approximate surface area is 149 Å². The van der Waals surface area contributed by atoms with Crippen molar-refractivity contribution in [3.8, 4) is 0 Å². The summed E-state index contributed by atoms with van der Waals surface area (Å²) < 4.78 is 6.31. The molecule has 0 spiro atoms. The summed E-state index contributed by atoms with van der Waals surface area (Å²) in [4.78, 5) is 42.0. The Morgan fingerprint density at radius 2 is 2.12 bits per heavy atom. The van der Waals surface area contributed by atoms with Crippen LogP contribution in [0.2, 0.25) is 0 Å². The van der Waals surface area contributed by atoms with Crippen LogP contribution in [-0.4, -0.2) is 34.1 Å². The van der Waals surface area contributed by atoms with Crippen LogP contribution in [0, 0.1) is 6.92 Å². The van der Waals surface area contributed by atoms with Crippen molar-refractivity contribution in [2.75, 3.05) is 6.61 Å². The number of amides is 1. The number of esters is 1. The van der Waals surface area contributed by atoms with Crippen LogP contribution in [0.15, 0.2) is 11.1 Å². The molecule has 1 fully saturated rings. The highest BCUT2D eigenvalue weighted by atomic mass is 32.1. The van der Waals surface area contributed by atoms with Gasteiger partial charge in [0.25, 0.3) is 5.56 Å². The summed E-state index contributed by atoms with van der Waals surface area (Å²) in [7, 11) is 0. The fraction of sp³-hybridized carbons (Fsp3) is 0.529. The van der Waals surface area contributed by atoms with E-state index < -0.39 is 5.97 Å². The lowest BCUT2D eigenvalue weighted by Crippen LogP contribution is -2.37. The summed E-state index contributed by atoms with van der Waals surface area (Å²) in [6.45, 7) is 3.64. The van der Waals surface area contributed by atoms with Crippen molar-refractivity contribution < 1.29 is 14.3 Å². The van der Waals surface area contributed by atoms with Crippen molar-refractivity contribution in [1.82, 2.24) is 14.9 Å². The van der Waals surface area contributed by atoms with E-state index in [1.165, 1.54) is 10.9 Å². The summed E-state index contributed by atoms with van der Waals surface area (Å²) in [5, 5.41) is 3.34. The van der Waals surface area contributed by atoms with Gasteiger partial charge in [-0.05, 0) is 32.3 Å². The monoisotopic (exact) mass is 363 g/mol. The minimum Gasteiger partial charge on any atom is -0.462 e. The van der Waals surface area contributed by atoms with Crippen molar-refractivity contribution in [2.24, 2.45) is 0 Å². The lowest BCUT2D eigenvalue weighted by atomic mass is 10.2. The molecule has 1 aliphatic carbocycles. The summed E-state index contributed by atoms with van der Waals surface area (Å²) >= 11 is 1.14. The van der Waals surface area contributed by atoms with Gasteiger partial charge in [-0.1, -0.05) is 12.8 Å². The largest absolute Gasteiger partial charge is 0.462 e. The number of hydrogen-bond donors (Lipinski definition) is 1. The average Bonchev–Trinajstić information content (AvgIpc) is 3.18. The van der Waals surface area contributed by atoms with E-state index in [1.54, 1.807) is 13.8 Å². The van der Waals surface area contributed by atoms with Gasteiger partial charge >= 0.3 is 5.97 Å². The molecule has 0 saturated heterocycles. The smallest absolute Gasteiger partial charge is 0.348 e. The van der Waals surface area contributed by atoms with Gasteiger partial charge in [0.05, 0.1) is 18.3 Å². The molecule has 3 rings (SSSR count). The van der Waals surface area contributed by atoms with E-state index >= 15 is 0 Å². The molecule has 7 nitrogen and oxygen atoms in total. The number of thiophene rings is 1. The van der Waals surface area contributed by atoms with Gasteiger partial charge in [-0.25, -0.2) is 9.78 Å². The van der Waals surface area contributed by atoms with Crippen LogP contribution in [0.3, 0.4) is 0 Å². The predicted molar refractivity (Wildman–Crippen MR) is 95.0 cm³/mol. The number of hydrogen-bond acceptors (Lipinski definition) is 6. The first-order valence-electron chi connectivity index (χ1n) is 8.46. The van der Waals surface area contributed by atoms with E-state index in [0.29, 0.717) is 20.7 Å². The van der Waals surface area contributed by atoms with Gasteiger partial charge in [0, 0.05) is 6.04 Å². The maximum absolute atomic E-state index is 12.7. The number of ether oxygens (including phenoxy) is 1. The van der Waals surface area contributed by atoms with Gasteiger partial charge in [-0.15, -0.1) is 11.3 Å². The highest BCUT2D eigenvalue weighted by Gasteiger charge is 2.21. The number of carbonyl (C=O) groups is 2. The molecule has 0 radical (unpaired) electrons. The number of fused-ring (bicyclic) bond motifs is 1. The van der Waals surface area contributed by atoms with E-state index in [0.717, 1.165) is 37.0 Å². The zero-order chi connectivity index (χ0) is 18.0. The van der Waals surface area contributed by atoms with Gasteiger partial charge in [0.1, 0.15) is 16.3 Å². The second-order valence-electron chi connectivity index (χ2n) is 6.18. The molecule has 2 aromatic heterocycles. The SMILES string of the molecule is CCOC(=O)c1sc2ncn(CC(=O)NC3CCCC3)c(=O)c2c1C. The van der Waals surface area contributed by atoms with Crippen molar-refractivity contribution in [3.63, 3.8) is 0 Å². The van der Waals surface area contributed by atoms with Crippen molar-refractivity contribution >= 4 is 33.4 Å². The highest BCUT2D eigenvalue weighted by Crippen LogP contribution is 2.27. The maximum atomic E-state index is 12.7. The summed E-state index contributed by atoms with van der Waals surface area (Å²) in [5.41, 5.74) is 0.248. The first-order valence-corrected chi connectivity index (χ1v) is 9.28. The summed E-state index contributed by atoms with van der Waals surface area (Å²) in [6, 6.07) is 0.207. The molecule has 1 amide bonds. The molecule has 1 aliphatic rings. The minimum absolute atomic E-state index is 0.0672. The third kappa shape index (κ3) is 3.58. The first-order chi connectivity index (χ1) is 12.0. The second kappa shape index (κ2) is 7.35. The molecule has 8 heteroatoms. The van der Waals surface area contributed by atoms with Crippen LogP contribution in [-0.2, 0) is 16.1 Å². The Hall–Kier alpha value is -2.22. The molecule has 0 bridgehead atoms. The molecule has 1 N–H and O–H groups in total. The van der Waals surface area contributed by atoms with Crippen LogP contribution >= 0.6 is 11.3 Å². The second-order valence-corrected chi connectivity index (χ2v) is 7.18. The molecule has 0 atom stereocenters. The molecule has 0 unspecified atom stereocenters. The zero-order valence-electron chi connectivity index (χ0n) is 14.3. The molecule has 0 aromatic carbocycles. The number of nitrogens with zero attached hydrogens (tertiary/aromatic N) is 2. The minimum atomic E-state index is -0.451. The van der Waals surface area contributed by atoms with Crippen molar-refractivity contribution in [3.05, 3.63) is 27.1 Å². The predicted octanol–water partition coefficient (Wildman–Crippen LogP) is 2.00. The molecule has 1 saturated carbocycles. The first kappa shape index (κ1) is 17.6. The van der Waals surface area contributed by atoms with Crippen molar-refractivity contribution in [2.45, 2.75) is 52.1 Å². The quantitative estimate of drug-likeness (QED) is 0.821. The summed E-state index contributed by atoms with van der Waals surface area (Å²) in [6.07, 6.45) is 5.60. The van der Waals surface area contributed by atoms with Crippen LogP contribution in [0.5, 0.6) is 0 Å². The fourth-order valence-corrected chi connectivity index (χ4v) is 4.19. The molecule has 134 valence electrons. The lowest BCUT2D eigenvalue weighted by Gasteiger charge is -2.12. The molecule has 2 aromatic rings. The van der Waals surface area contributed by atoms with Gasteiger partial charge in [0.15, 0.2) is 0 Å². The highest BCUT2D eigenvalue weighted by molar-refractivity contribution is 7.20. The number of carbonyl (C=O) groups excluding carboxylic acids is 2. The third-order valence-electron chi connectivity index (χ3n) is 4.41. The normalized spacial score (nSPS) is 14.8. The molecule has 25 heavy (non-hydrogen) atoms. The van der Waals surface area contributed by atoms with Gasteiger partial charge in [0.2, 0.25) is 5.91 Å². The number of aryl methyl sites for hydroxylation is 1. The Morgan fingerprint density at radius 1 is 1.40 bits per heavy atom. The van der Waals surface area contributed by atoms with Gasteiger partial charge in [-0.2, -0.15) is 0 Å². The third-order valence-corrected chi connectivity index (χ3v) is 5.59. The molecular formula is C17H21N3O4S. The van der Waals surface area contributed by atoms with Crippen LogP contribution in [0.1, 0.15) is 47.8 Å². The van der Waals surface area contributed by atoms with Crippen LogP contribution in [0.4, 0.5) is 0 Å². The average molecular weight is 363 g/mol. The summed E-state index contributed by atoms with van der Waals surface area (Å²) in [5.74, 6) is -0.637. The Morgan fingerprint density at radius 3 is 2.80 bits per heavy atom. The van der Waals surface area contributed by atoms with E-state index in [-0.39, 0.29) is 30.7 Å². The number of aromatic nitrogens is 2. The van der Waals surface area contributed by atoms with E-state index in [1.807, 2.05) is 0 Å². The Bertz CT molecular complexity index is 865. The maximum Gasteiger partial charge on any atom is 0.348 e. The molecular weight excluding hydrogens is 342 g/mol. The fourth-order valence-electron chi connectivity index (χ4n) is 3.16. The van der Waals surface area contributed by atoms with Gasteiger partial charge in [-0.3, -0.25) is 14.2 Å². The van der Waals surface area contributed by atoms with Gasteiger partial charge < -0.3 is 10.1 Å². The van der Waals surface area contributed by atoms with Crippen LogP contribution < -0.4 is 10.9 Å². The van der Waals surface area contributed by atoms with E-state index in [4.69, 9.17) is 4.74 Å². The topological polar surface area (TPSA) is 90.3 Å². The zero-order valence-corrected chi connectivity index (χ0v) is 15.1.